The van der Waals surface area contributed by atoms with Crippen LogP contribution in [0.25, 0.3) is 22.9 Å². The van der Waals surface area contributed by atoms with E-state index in [9.17, 15) is 4.79 Å². The van der Waals surface area contributed by atoms with Crippen LogP contribution in [0.1, 0.15) is 57.6 Å². The first-order chi connectivity index (χ1) is 19.9. The van der Waals surface area contributed by atoms with Crippen molar-refractivity contribution in [2.45, 2.75) is 46.5 Å². The van der Waals surface area contributed by atoms with E-state index in [1.54, 1.807) is 43.7 Å². The van der Waals surface area contributed by atoms with E-state index in [0.717, 1.165) is 35.4 Å². The zero-order chi connectivity index (χ0) is 30.5. The third kappa shape index (κ3) is 17.3. The molecule has 2 aromatic heterocycles. The fourth-order valence-corrected chi connectivity index (χ4v) is 3.15. The molecule has 11 nitrogen and oxygen atoms in total. The molecule has 0 saturated carbocycles. The third-order valence-corrected chi connectivity index (χ3v) is 5.03. The average molecular weight is 638 g/mol. The van der Waals surface area contributed by atoms with E-state index < -0.39 is 0 Å². The second-order valence-electron chi connectivity index (χ2n) is 7.95. The molecule has 0 bridgehead atoms. The van der Waals surface area contributed by atoms with E-state index in [0.29, 0.717) is 42.3 Å². The third-order valence-electron chi connectivity index (χ3n) is 5.03. The number of oxazole rings is 2. The molecular weight excluding hydrogens is 605 g/mol. The topological polar surface area (TPSA) is 192 Å². The molecule has 0 atom stereocenters. The smallest absolute Gasteiger partial charge is 1.00 e. The Bertz CT molecular complexity index is 1420. The summed E-state index contributed by atoms with van der Waals surface area (Å²) in [7, 11) is 0. The maximum Gasteiger partial charge on any atom is 1.00 e. The van der Waals surface area contributed by atoms with Crippen LogP contribution in [0.2, 0.25) is 0 Å². The Labute approximate surface area is 338 Å². The summed E-state index contributed by atoms with van der Waals surface area (Å²) in [6, 6.07) is 18.3. The molecule has 0 fully saturated rings. The summed E-state index contributed by atoms with van der Waals surface area (Å²) in [5.41, 5.74) is 10.1. The molecule has 13 heteroatoms. The number of carbonyl (C=O) groups excluding carboxylic acids is 2. The molecule has 0 aliphatic heterocycles. The van der Waals surface area contributed by atoms with Gasteiger partial charge in [-0.1, -0.05) is 13.8 Å². The average Bonchev–Trinajstić information content (AvgIpc) is 3.69. The van der Waals surface area contributed by atoms with Gasteiger partial charge in [-0.25, -0.2) is 9.97 Å². The van der Waals surface area contributed by atoms with Crippen LogP contribution in [-0.4, -0.2) is 28.8 Å². The Morgan fingerprint density at radius 3 is 1.63 bits per heavy atom. The van der Waals surface area contributed by atoms with Crippen molar-refractivity contribution in [2.75, 3.05) is 6.54 Å². The van der Waals surface area contributed by atoms with E-state index in [1.807, 2.05) is 38.1 Å². The zero-order valence-corrected chi connectivity index (χ0v) is 31.4. The van der Waals surface area contributed by atoms with Crippen LogP contribution in [-0.2, 0) is 27.3 Å². The summed E-state index contributed by atoms with van der Waals surface area (Å²) in [6.07, 6.45) is 6.03. The van der Waals surface area contributed by atoms with Gasteiger partial charge in [-0.05, 0) is 74.8 Å². The minimum Gasteiger partial charge on any atom is -1.00 e. The maximum atomic E-state index is 10.9. The van der Waals surface area contributed by atoms with E-state index in [4.69, 9.17) is 35.1 Å². The molecule has 0 radical (unpaired) electrons. The maximum absolute atomic E-state index is 10.9. The van der Waals surface area contributed by atoms with Crippen molar-refractivity contribution in [3.63, 3.8) is 0 Å². The Balaban J connectivity index is -0.000000617. The number of nitriles is 2. The first-order valence-electron chi connectivity index (χ1n) is 12.8. The van der Waals surface area contributed by atoms with Gasteiger partial charge in [0.05, 0.1) is 34.7 Å². The molecule has 43 heavy (non-hydrogen) atoms. The van der Waals surface area contributed by atoms with Gasteiger partial charge in [0.25, 0.3) is 6.47 Å². The Hall–Kier alpha value is -1.83. The van der Waals surface area contributed by atoms with Crippen molar-refractivity contribution in [1.29, 1.82) is 10.5 Å². The number of benzene rings is 2. The summed E-state index contributed by atoms with van der Waals surface area (Å²) in [5, 5.41) is 25.8. The summed E-state index contributed by atoms with van der Waals surface area (Å²) >= 11 is 0. The minimum absolute atomic E-state index is 0. The number of carbonyl (C=O) groups is 2. The predicted molar refractivity (Wildman–Crippen MR) is 149 cm³/mol. The molecule has 2 heterocycles. The molecule has 216 valence electrons. The second-order valence-corrected chi connectivity index (χ2v) is 7.95. The van der Waals surface area contributed by atoms with Gasteiger partial charge in [-0.3, -0.25) is 4.79 Å². The van der Waals surface area contributed by atoms with Crippen LogP contribution < -0.4 is 114 Å². The van der Waals surface area contributed by atoms with Gasteiger partial charge in [0.1, 0.15) is 18.3 Å². The SMILES string of the molecule is CC.CC(=O)CCCc1coc(-c2ccc(C#N)cc2)n1.N#Cc1ccc(-c2nc(CCN)co2)cc1.O=CO[O-].[H-].[K+].[K+]. The normalized spacial score (nSPS) is 8.81. The van der Waals surface area contributed by atoms with Gasteiger partial charge < -0.3 is 30.9 Å². The van der Waals surface area contributed by atoms with Crippen molar-refractivity contribution < 1.29 is 133 Å². The first kappa shape index (κ1) is 43.3. The number of hydrogen-bond acceptors (Lipinski definition) is 11. The molecule has 0 unspecified atom stereocenters. The Morgan fingerprint density at radius 2 is 1.30 bits per heavy atom. The number of nitrogens with two attached hydrogens (primary N) is 1. The summed E-state index contributed by atoms with van der Waals surface area (Å²) in [5.74, 6) is 1.30. The summed E-state index contributed by atoms with van der Waals surface area (Å²) in [4.78, 5) is 30.8. The summed E-state index contributed by atoms with van der Waals surface area (Å²) < 4.78 is 10.7. The number of aromatic nitrogens is 2. The molecular formula is C30H33K2N5O6. The molecule has 0 amide bonds. The van der Waals surface area contributed by atoms with E-state index >= 15 is 0 Å². The van der Waals surface area contributed by atoms with E-state index in [-0.39, 0.29) is 116 Å². The molecule has 2 aromatic carbocycles. The predicted octanol–water partition coefficient (Wildman–Crippen LogP) is -1.58. The largest absolute Gasteiger partial charge is 1.00 e. The first-order valence-corrected chi connectivity index (χ1v) is 12.8. The standard InChI is InChI=1S/C15H14N2O2.C12H11N3O.C2H6.CH2O3.2K.H/c1-11(18)3-2-4-14-10-19-15(17-14)13-7-5-12(9-16)6-8-13;13-6-5-11-8-16-12(15-11)10-3-1-9(7-14)2-4-10;1-2;2-1-4-3;;;/h5-8,10H,2-4H2,1H3;1-4,8H,5-6,13H2;1-2H3;1,3H;;;/q;;;;2*+1;-1/p-1. The van der Waals surface area contributed by atoms with Crippen molar-refractivity contribution >= 4 is 12.3 Å². The fraction of sp³-hybridized carbons (Fsp3) is 0.267. The number of rotatable bonds is 9. The van der Waals surface area contributed by atoms with Crippen LogP contribution in [0, 0.1) is 22.7 Å². The number of hydrogen-bond donors (Lipinski definition) is 1. The molecule has 2 N–H and O–H groups in total. The van der Waals surface area contributed by atoms with Gasteiger partial charge in [0, 0.05) is 24.0 Å². The molecule has 0 aliphatic rings. The van der Waals surface area contributed by atoms with Crippen molar-refractivity contribution in [3.05, 3.63) is 83.6 Å². The molecule has 4 aromatic rings. The monoisotopic (exact) mass is 637 g/mol. The van der Waals surface area contributed by atoms with E-state index in [2.05, 4.69) is 27.0 Å². The Morgan fingerprint density at radius 1 is 0.907 bits per heavy atom. The molecule has 0 saturated heterocycles. The minimum atomic E-state index is -0.181. The van der Waals surface area contributed by atoms with E-state index in [1.165, 1.54) is 0 Å². The van der Waals surface area contributed by atoms with Crippen molar-refractivity contribution in [1.82, 2.24) is 9.97 Å². The van der Waals surface area contributed by atoms with Gasteiger partial charge in [-0.15, -0.1) is 0 Å². The van der Waals surface area contributed by atoms with Crippen LogP contribution in [0.15, 0.2) is 69.9 Å². The van der Waals surface area contributed by atoms with Crippen LogP contribution in [0.5, 0.6) is 0 Å². The fourth-order valence-electron chi connectivity index (χ4n) is 3.15. The molecule has 4 rings (SSSR count). The van der Waals surface area contributed by atoms with Crippen molar-refractivity contribution in [2.24, 2.45) is 5.73 Å². The van der Waals surface area contributed by atoms with Crippen LogP contribution in [0.3, 0.4) is 0 Å². The van der Waals surface area contributed by atoms with Gasteiger partial charge in [-0.2, -0.15) is 10.5 Å². The Kier molecular flexibility index (Phi) is 26.8. The van der Waals surface area contributed by atoms with Crippen LogP contribution >= 0.6 is 0 Å². The number of aryl methyl sites for hydroxylation is 1. The van der Waals surface area contributed by atoms with Gasteiger partial charge in [0.15, 0.2) is 0 Å². The van der Waals surface area contributed by atoms with Gasteiger partial charge >= 0.3 is 103 Å². The zero-order valence-electron chi connectivity index (χ0n) is 26.2. The molecule has 0 spiro atoms. The quantitative estimate of drug-likeness (QED) is 0.0964. The van der Waals surface area contributed by atoms with Gasteiger partial charge in [0.2, 0.25) is 11.8 Å². The second kappa shape index (κ2) is 26.6. The number of ketones is 1. The number of Topliss-reactive ketones (excluding diaryl/α,β-unsaturated/α-hetero) is 1. The summed E-state index contributed by atoms with van der Waals surface area (Å²) in [6.45, 7) is 5.96. The van der Waals surface area contributed by atoms with Crippen LogP contribution in [0.4, 0.5) is 0 Å². The number of nitrogens with zero attached hydrogens (tertiary/aromatic N) is 4. The molecule has 0 aliphatic carbocycles. The van der Waals surface area contributed by atoms with Crippen molar-refractivity contribution in [3.8, 4) is 35.0 Å².